The fraction of sp³-hybridized carbons (Fsp3) is 0.917. The monoisotopic (exact) mass is 246 g/mol. The van der Waals surface area contributed by atoms with E-state index in [1.54, 1.807) is 11.9 Å². The van der Waals surface area contributed by atoms with Gasteiger partial charge in [0.15, 0.2) is 0 Å². The van der Waals surface area contributed by atoms with Gasteiger partial charge in [0.25, 0.3) is 0 Å². The standard InChI is InChI=1S/C12H26N2O3/c1-10(2)13-7-5-6-12(16)14(3)8-11(15)9-17-4/h10-11,13,15H,5-9H2,1-4H3. The number of aliphatic hydroxyl groups is 1. The van der Waals surface area contributed by atoms with Gasteiger partial charge in [0, 0.05) is 33.2 Å². The minimum Gasteiger partial charge on any atom is -0.389 e. The minimum atomic E-state index is -0.609. The van der Waals surface area contributed by atoms with Crippen LogP contribution in [-0.2, 0) is 9.53 Å². The number of amides is 1. The maximum Gasteiger partial charge on any atom is 0.222 e. The van der Waals surface area contributed by atoms with E-state index in [0.29, 0.717) is 19.0 Å². The molecule has 0 aliphatic heterocycles. The molecule has 1 atom stereocenters. The van der Waals surface area contributed by atoms with Crippen LogP contribution in [0.4, 0.5) is 0 Å². The summed E-state index contributed by atoms with van der Waals surface area (Å²) in [5, 5.41) is 12.7. The third-order valence-corrected chi connectivity index (χ3v) is 2.39. The molecule has 2 N–H and O–H groups in total. The van der Waals surface area contributed by atoms with Crippen LogP contribution in [0.5, 0.6) is 0 Å². The van der Waals surface area contributed by atoms with E-state index in [0.717, 1.165) is 13.0 Å². The molecule has 0 aromatic heterocycles. The van der Waals surface area contributed by atoms with Gasteiger partial charge < -0.3 is 20.1 Å². The lowest BCUT2D eigenvalue weighted by molar-refractivity contribution is -0.131. The summed E-state index contributed by atoms with van der Waals surface area (Å²) < 4.78 is 4.81. The zero-order valence-corrected chi connectivity index (χ0v) is 11.4. The molecule has 0 aliphatic carbocycles. The zero-order chi connectivity index (χ0) is 13.3. The molecule has 17 heavy (non-hydrogen) atoms. The smallest absolute Gasteiger partial charge is 0.222 e. The highest BCUT2D eigenvalue weighted by Gasteiger charge is 2.12. The Balaban J connectivity index is 3.67. The Hall–Kier alpha value is -0.650. The predicted octanol–water partition coefficient (Wildman–Crippen LogP) is 0.230. The second-order valence-corrected chi connectivity index (χ2v) is 4.60. The Bertz CT molecular complexity index is 210. The van der Waals surface area contributed by atoms with Crippen molar-refractivity contribution < 1.29 is 14.6 Å². The molecule has 0 spiro atoms. The molecule has 0 saturated heterocycles. The zero-order valence-electron chi connectivity index (χ0n) is 11.4. The van der Waals surface area contributed by atoms with Crippen molar-refractivity contribution in [3.63, 3.8) is 0 Å². The van der Waals surface area contributed by atoms with Gasteiger partial charge in [-0.05, 0) is 13.0 Å². The van der Waals surface area contributed by atoms with Crippen LogP contribution in [0, 0.1) is 0 Å². The molecule has 0 rings (SSSR count). The van der Waals surface area contributed by atoms with Crippen molar-refractivity contribution in [1.82, 2.24) is 10.2 Å². The molecule has 0 radical (unpaired) electrons. The van der Waals surface area contributed by atoms with Gasteiger partial charge in [-0.1, -0.05) is 13.8 Å². The molecule has 0 aromatic carbocycles. The fourth-order valence-corrected chi connectivity index (χ4v) is 1.48. The van der Waals surface area contributed by atoms with Gasteiger partial charge in [-0.2, -0.15) is 0 Å². The van der Waals surface area contributed by atoms with Crippen LogP contribution in [0.3, 0.4) is 0 Å². The lowest BCUT2D eigenvalue weighted by Crippen LogP contribution is -2.36. The van der Waals surface area contributed by atoms with Crippen LogP contribution < -0.4 is 5.32 Å². The molecular weight excluding hydrogens is 220 g/mol. The molecule has 0 bridgehead atoms. The topological polar surface area (TPSA) is 61.8 Å². The number of methoxy groups -OCH3 is 1. The highest BCUT2D eigenvalue weighted by molar-refractivity contribution is 5.75. The first-order valence-electron chi connectivity index (χ1n) is 6.11. The fourth-order valence-electron chi connectivity index (χ4n) is 1.48. The Morgan fingerprint density at radius 3 is 2.65 bits per heavy atom. The number of likely N-dealkylation sites (N-methyl/N-ethyl adjacent to an activating group) is 1. The third kappa shape index (κ3) is 9.09. The van der Waals surface area contributed by atoms with Gasteiger partial charge in [-0.3, -0.25) is 4.79 Å². The summed E-state index contributed by atoms with van der Waals surface area (Å²) in [6.07, 6.45) is 0.722. The summed E-state index contributed by atoms with van der Waals surface area (Å²) in [6, 6.07) is 0.450. The summed E-state index contributed by atoms with van der Waals surface area (Å²) in [7, 11) is 3.24. The number of aliphatic hydroxyl groups excluding tert-OH is 1. The van der Waals surface area contributed by atoms with Crippen molar-refractivity contribution >= 4 is 5.91 Å². The minimum absolute atomic E-state index is 0.0608. The van der Waals surface area contributed by atoms with Crippen molar-refractivity contribution in [1.29, 1.82) is 0 Å². The Kier molecular flexibility index (Phi) is 9.03. The molecule has 0 aromatic rings. The lowest BCUT2D eigenvalue weighted by Gasteiger charge is -2.20. The van der Waals surface area contributed by atoms with Crippen LogP contribution in [-0.4, -0.2) is 61.9 Å². The van der Waals surface area contributed by atoms with Gasteiger partial charge in [0.1, 0.15) is 0 Å². The number of hydrogen-bond donors (Lipinski definition) is 2. The maximum atomic E-state index is 11.7. The third-order valence-electron chi connectivity index (χ3n) is 2.39. The van der Waals surface area contributed by atoms with Crippen LogP contribution in [0.2, 0.25) is 0 Å². The highest BCUT2D eigenvalue weighted by atomic mass is 16.5. The summed E-state index contributed by atoms with van der Waals surface area (Å²) in [5.74, 6) is 0.0608. The number of hydrogen-bond acceptors (Lipinski definition) is 4. The van der Waals surface area contributed by atoms with Gasteiger partial charge in [-0.25, -0.2) is 0 Å². The Labute approximate surface area is 104 Å². The number of carbonyl (C=O) groups excluding carboxylic acids is 1. The summed E-state index contributed by atoms with van der Waals surface area (Å²) in [6.45, 7) is 5.58. The van der Waals surface area contributed by atoms with E-state index in [2.05, 4.69) is 19.2 Å². The first kappa shape index (κ1) is 16.4. The molecule has 1 unspecified atom stereocenters. The largest absolute Gasteiger partial charge is 0.389 e. The van der Waals surface area contributed by atoms with E-state index in [1.165, 1.54) is 7.11 Å². The summed E-state index contributed by atoms with van der Waals surface area (Å²) in [5.41, 5.74) is 0. The number of nitrogens with one attached hydrogen (secondary N) is 1. The van der Waals surface area contributed by atoms with Crippen LogP contribution >= 0.6 is 0 Å². The Morgan fingerprint density at radius 1 is 1.47 bits per heavy atom. The summed E-state index contributed by atoms with van der Waals surface area (Å²) >= 11 is 0. The van der Waals surface area contributed by atoms with Gasteiger partial charge in [-0.15, -0.1) is 0 Å². The van der Waals surface area contributed by atoms with Gasteiger partial charge in [0.05, 0.1) is 12.7 Å². The number of carbonyl (C=O) groups is 1. The summed E-state index contributed by atoms with van der Waals surface area (Å²) in [4.78, 5) is 13.2. The van der Waals surface area contributed by atoms with Crippen molar-refractivity contribution in [2.45, 2.75) is 38.8 Å². The molecule has 0 heterocycles. The van der Waals surface area contributed by atoms with E-state index in [9.17, 15) is 9.90 Å². The molecule has 5 nitrogen and oxygen atoms in total. The van der Waals surface area contributed by atoms with Crippen LogP contribution in [0.25, 0.3) is 0 Å². The molecular formula is C12H26N2O3. The molecule has 0 aliphatic rings. The normalized spacial score (nSPS) is 12.8. The number of ether oxygens (including phenoxy) is 1. The molecule has 5 heteroatoms. The van der Waals surface area contributed by atoms with E-state index >= 15 is 0 Å². The highest BCUT2D eigenvalue weighted by Crippen LogP contribution is 1.97. The second-order valence-electron chi connectivity index (χ2n) is 4.60. The Morgan fingerprint density at radius 2 is 2.12 bits per heavy atom. The first-order valence-corrected chi connectivity index (χ1v) is 6.11. The van der Waals surface area contributed by atoms with Crippen LogP contribution in [0.1, 0.15) is 26.7 Å². The van der Waals surface area contributed by atoms with Crippen molar-refractivity contribution in [3.8, 4) is 0 Å². The van der Waals surface area contributed by atoms with Gasteiger partial charge >= 0.3 is 0 Å². The quantitative estimate of drug-likeness (QED) is 0.572. The maximum absolute atomic E-state index is 11.7. The second kappa shape index (κ2) is 9.39. The van der Waals surface area contributed by atoms with Crippen molar-refractivity contribution in [3.05, 3.63) is 0 Å². The number of rotatable bonds is 9. The number of nitrogens with zero attached hydrogens (tertiary/aromatic N) is 1. The van der Waals surface area contributed by atoms with E-state index in [1.807, 2.05) is 0 Å². The van der Waals surface area contributed by atoms with Crippen molar-refractivity contribution in [2.24, 2.45) is 0 Å². The molecule has 1 amide bonds. The van der Waals surface area contributed by atoms with Crippen LogP contribution in [0.15, 0.2) is 0 Å². The van der Waals surface area contributed by atoms with E-state index in [-0.39, 0.29) is 12.5 Å². The first-order chi connectivity index (χ1) is 7.97. The molecule has 0 fully saturated rings. The molecule has 0 saturated carbocycles. The van der Waals surface area contributed by atoms with E-state index in [4.69, 9.17) is 4.74 Å². The lowest BCUT2D eigenvalue weighted by atomic mass is 10.2. The molecule has 102 valence electrons. The van der Waals surface area contributed by atoms with Gasteiger partial charge in [0.2, 0.25) is 5.91 Å². The van der Waals surface area contributed by atoms with Crippen molar-refractivity contribution in [2.75, 3.05) is 33.9 Å². The average molecular weight is 246 g/mol. The predicted molar refractivity (Wildman–Crippen MR) is 67.9 cm³/mol. The average Bonchev–Trinajstić information content (AvgIpc) is 2.23. The SMILES string of the molecule is COCC(O)CN(C)C(=O)CCCNC(C)C. The van der Waals surface area contributed by atoms with E-state index < -0.39 is 6.10 Å².